The molecule has 0 saturated heterocycles. The van der Waals surface area contributed by atoms with Gasteiger partial charge in [-0.15, -0.1) is 0 Å². The van der Waals surface area contributed by atoms with Gasteiger partial charge < -0.3 is 14.2 Å². The second kappa shape index (κ2) is 8.06. The Morgan fingerprint density at radius 2 is 1.76 bits per heavy atom. The second-order valence-electron chi connectivity index (χ2n) is 6.25. The number of ether oxygens (including phenoxy) is 3. The van der Waals surface area contributed by atoms with Crippen LogP contribution in [-0.4, -0.2) is 38.7 Å². The second-order valence-corrected chi connectivity index (χ2v) is 8.02. The van der Waals surface area contributed by atoms with Gasteiger partial charge in [-0.05, 0) is 42.5 Å². The molecule has 1 aromatic heterocycles. The van der Waals surface area contributed by atoms with Gasteiger partial charge in [0.2, 0.25) is 10.0 Å². The fourth-order valence-corrected chi connectivity index (χ4v) is 3.87. The SMILES string of the molecule is COc1ccc(-c2cc(CNS(=O)(=O)c3ccc4c(c3)OCCO4)ncn2)cc1. The first-order valence-corrected chi connectivity index (χ1v) is 10.4. The minimum absolute atomic E-state index is 0.0302. The Morgan fingerprint density at radius 3 is 2.52 bits per heavy atom. The molecule has 3 aromatic rings. The van der Waals surface area contributed by atoms with Crippen molar-refractivity contribution in [3.05, 3.63) is 60.6 Å². The predicted octanol–water partition coefficient (Wildman–Crippen LogP) is 2.40. The molecule has 29 heavy (non-hydrogen) atoms. The lowest BCUT2D eigenvalue weighted by molar-refractivity contribution is 0.171. The number of benzene rings is 2. The summed E-state index contributed by atoms with van der Waals surface area (Å²) in [4.78, 5) is 8.52. The van der Waals surface area contributed by atoms with Crippen LogP contribution in [0.4, 0.5) is 0 Å². The highest BCUT2D eigenvalue weighted by molar-refractivity contribution is 7.89. The van der Waals surface area contributed by atoms with Crippen LogP contribution in [0.25, 0.3) is 11.3 Å². The summed E-state index contributed by atoms with van der Waals surface area (Å²) in [5.74, 6) is 1.70. The largest absolute Gasteiger partial charge is 0.497 e. The summed E-state index contributed by atoms with van der Waals surface area (Å²) in [7, 11) is -2.14. The zero-order chi connectivity index (χ0) is 20.3. The summed E-state index contributed by atoms with van der Waals surface area (Å²) < 4.78 is 43.9. The number of hydrogen-bond acceptors (Lipinski definition) is 7. The molecule has 0 amide bonds. The first-order chi connectivity index (χ1) is 14.0. The summed E-state index contributed by atoms with van der Waals surface area (Å²) in [6, 6.07) is 13.7. The topological polar surface area (TPSA) is 99.6 Å². The fraction of sp³-hybridized carbons (Fsp3) is 0.200. The van der Waals surface area contributed by atoms with Crippen LogP contribution in [0, 0.1) is 0 Å². The van der Waals surface area contributed by atoms with E-state index in [1.54, 1.807) is 19.2 Å². The number of sulfonamides is 1. The highest BCUT2D eigenvalue weighted by Crippen LogP contribution is 2.32. The van der Waals surface area contributed by atoms with Gasteiger partial charge in [0.1, 0.15) is 25.3 Å². The lowest BCUT2D eigenvalue weighted by Gasteiger charge is -2.18. The lowest BCUT2D eigenvalue weighted by Crippen LogP contribution is -2.24. The van der Waals surface area contributed by atoms with Gasteiger partial charge in [0.05, 0.1) is 29.9 Å². The summed E-state index contributed by atoms with van der Waals surface area (Å²) in [5, 5.41) is 0. The lowest BCUT2D eigenvalue weighted by atomic mass is 10.1. The van der Waals surface area contributed by atoms with Gasteiger partial charge in [-0.25, -0.2) is 23.1 Å². The molecule has 4 rings (SSSR count). The van der Waals surface area contributed by atoms with E-state index in [-0.39, 0.29) is 11.4 Å². The maximum absolute atomic E-state index is 12.7. The van der Waals surface area contributed by atoms with Crippen LogP contribution in [-0.2, 0) is 16.6 Å². The van der Waals surface area contributed by atoms with E-state index in [0.29, 0.717) is 36.1 Å². The average molecular weight is 413 g/mol. The van der Waals surface area contributed by atoms with Crippen LogP contribution >= 0.6 is 0 Å². The molecule has 0 unspecified atom stereocenters. The molecule has 1 N–H and O–H groups in total. The number of nitrogens with zero attached hydrogens (tertiary/aromatic N) is 2. The van der Waals surface area contributed by atoms with Gasteiger partial charge in [-0.1, -0.05) is 0 Å². The molecule has 150 valence electrons. The van der Waals surface area contributed by atoms with E-state index in [4.69, 9.17) is 14.2 Å². The molecule has 1 aliphatic rings. The van der Waals surface area contributed by atoms with Crippen molar-refractivity contribution in [2.75, 3.05) is 20.3 Å². The zero-order valence-corrected chi connectivity index (χ0v) is 16.5. The first-order valence-electron chi connectivity index (χ1n) is 8.90. The summed E-state index contributed by atoms with van der Waals surface area (Å²) in [6.07, 6.45) is 1.41. The minimum atomic E-state index is -3.74. The molecule has 0 spiro atoms. The molecule has 0 saturated carbocycles. The van der Waals surface area contributed by atoms with Crippen LogP contribution in [0.2, 0.25) is 0 Å². The third-order valence-electron chi connectivity index (χ3n) is 4.38. The van der Waals surface area contributed by atoms with E-state index in [9.17, 15) is 8.42 Å². The van der Waals surface area contributed by atoms with Crippen molar-refractivity contribution in [2.24, 2.45) is 0 Å². The molecule has 1 aliphatic heterocycles. The highest BCUT2D eigenvalue weighted by atomic mass is 32.2. The quantitative estimate of drug-likeness (QED) is 0.662. The van der Waals surface area contributed by atoms with Crippen LogP contribution < -0.4 is 18.9 Å². The van der Waals surface area contributed by atoms with Crippen molar-refractivity contribution in [2.45, 2.75) is 11.4 Å². The standard InChI is InChI=1S/C20H19N3O5S/c1-26-16-4-2-14(3-5-16)18-10-15(21-13-22-18)12-23-29(24,25)17-6-7-19-20(11-17)28-9-8-27-19/h2-7,10-11,13,23H,8-9,12H2,1H3. The third-order valence-corrected chi connectivity index (χ3v) is 5.78. The van der Waals surface area contributed by atoms with Crippen LogP contribution in [0.1, 0.15) is 5.69 Å². The van der Waals surface area contributed by atoms with E-state index in [1.807, 2.05) is 24.3 Å². The Bertz CT molecular complexity index is 1120. The third kappa shape index (κ3) is 4.30. The minimum Gasteiger partial charge on any atom is -0.497 e. The number of hydrogen-bond donors (Lipinski definition) is 1. The molecule has 2 heterocycles. The molecule has 8 nitrogen and oxygen atoms in total. The van der Waals surface area contributed by atoms with Crippen molar-refractivity contribution in [1.82, 2.24) is 14.7 Å². The van der Waals surface area contributed by atoms with Gasteiger partial charge in [-0.2, -0.15) is 0 Å². The van der Waals surface area contributed by atoms with Gasteiger partial charge >= 0.3 is 0 Å². The van der Waals surface area contributed by atoms with Gasteiger partial charge in [0, 0.05) is 11.6 Å². The molecule has 0 bridgehead atoms. The smallest absolute Gasteiger partial charge is 0.241 e. The number of methoxy groups -OCH3 is 1. The normalized spacial score (nSPS) is 13.1. The number of fused-ring (bicyclic) bond motifs is 1. The Hall–Kier alpha value is -3.17. The number of aromatic nitrogens is 2. The van der Waals surface area contributed by atoms with Gasteiger partial charge in [0.15, 0.2) is 11.5 Å². The summed E-state index contributed by atoms with van der Waals surface area (Å²) in [6.45, 7) is 0.864. The Labute approximate surface area is 168 Å². The fourth-order valence-electron chi connectivity index (χ4n) is 2.86. The highest BCUT2D eigenvalue weighted by Gasteiger charge is 2.19. The van der Waals surface area contributed by atoms with E-state index in [1.165, 1.54) is 18.5 Å². The monoisotopic (exact) mass is 413 g/mol. The van der Waals surface area contributed by atoms with Crippen LogP contribution in [0.15, 0.2) is 59.8 Å². The zero-order valence-electron chi connectivity index (χ0n) is 15.7. The van der Waals surface area contributed by atoms with Crippen molar-refractivity contribution in [1.29, 1.82) is 0 Å². The molecule has 2 aromatic carbocycles. The van der Waals surface area contributed by atoms with E-state index < -0.39 is 10.0 Å². The van der Waals surface area contributed by atoms with Gasteiger partial charge in [0.25, 0.3) is 0 Å². The predicted molar refractivity (Wildman–Crippen MR) is 105 cm³/mol. The maximum atomic E-state index is 12.7. The van der Waals surface area contributed by atoms with E-state index in [0.717, 1.165) is 11.3 Å². The Kier molecular flexibility index (Phi) is 5.32. The maximum Gasteiger partial charge on any atom is 0.241 e. The Morgan fingerprint density at radius 1 is 1.00 bits per heavy atom. The number of nitrogens with one attached hydrogen (secondary N) is 1. The van der Waals surface area contributed by atoms with Crippen LogP contribution in [0.5, 0.6) is 17.2 Å². The van der Waals surface area contributed by atoms with Crippen molar-refractivity contribution >= 4 is 10.0 Å². The molecular formula is C20H19N3O5S. The molecule has 0 fully saturated rings. The average Bonchev–Trinajstić information content (AvgIpc) is 2.78. The molecule has 9 heteroatoms. The van der Waals surface area contributed by atoms with E-state index in [2.05, 4.69) is 14.7 Å². The molecule has 0 aliphatic carbocycles. The first kappa shape index (κ1) is 19.2. The van der Waals surface area contributed by atoms with Crippen molar-refractivity contribution < 1.29 is 22.6 Å². The number of rotatable bonds is 6. The van der Waals surface area contributed by atoms with Crippen molar-refractivity contribution in [3.8, 4) is 28.5 Å². The van der Waals surface area contributed by atoms with Gasteiger partial charge in [-0.3, -0.25) is 0 Å². The molecular weight excluding hydrogens is 394 g/mol. The summed E-state index contributed by atoms with van der Waals surface area (Å²) in [5.41, 5.74) is 2.12. The van der Waals surface area contributed by atoms with Crippen LogP contribution in [0.3, 0.4) is 0 Å². The summed E-state index contributed by atoms with van der Waals surface area (Å²) >= 11 is 0. The van der Waals surface area contributed by atoms with Crippen molar-refractivity contribution in [3.63, 3.8) is 0 Å². The Balaban J connectivity index is 1.49. The molecule has 0 radical (unpaired) electrons. The molecule has 0 atom stereocenters. The van der Waals surface area contributed by atoms with E-state index >= 15 is 0 Å².